The number of aromatic nitrogens is 1. The summed E-state index contributed by atoms with van der Waals surface area (Å²) >= 11 is 0. The summed E-state index contributed by atoms with van der Waals surface area (Å²) in [5, 5.41) is 3.13. The van der Waals surface area contributed by atoms with Crippen molar-refractivity contribution in [1.82, 2.24) is 15.2 Å². The van der Waals surface area contributed by atoms with Crippen LogP contribution in [0, 0.1) is 0 Å². The smallest absolute Gasteiger partial charge is 0.254 e. The van der Waals surface area contributed by atoms with Gasteiger partial charge in [-0.3, -0.25) is 9.78 Å². The molecule has 1 amide bonds. The maximum Gasteiger partial charge on any atom is 0.254 e. The fourth-order valence-corrected chi connectivity index (χ4v) is 2.39. The van der Waals surface area contributed by atoms with E-state index in [4.69, 9.17) is 0 Å². The van der Waals surface area contributed by atoms with Gasteiger partial charge in [-0.25, -0.2) is 0 Å². The lowest BCUT2D eigenvalue weighted by Crippen LogP contribution is -2.31. The average Bonchev–Trinajstić information content (AvgIpc) is 2.58. The van der Waals surface area contributed by atoms with Crippen molar-refractivity contribution < 1.29 is 4.79 Å². The fraction of sp³-hybridized carbons (Fsp3) is 0.333. The summed E-state index contributed by atoms with van der Waals surface area (Å²) in [5.41, 5.74) is 2.78. The van der Waals surface area contributed by atoms with E-state index in [1.54, 1.807) is 6.20 Å². The Labute approximate surface area is 144 Å². The number of hydrogen-bond acceptors (Lipinski definition) is 3. The molecule has 5 heteroatoms. The molecular weight excluding hydrogens is 310 g/mol. The summed E-state index contributed by atoms with van der Waals surface area (Å²) in [6, 6.07) is 13.6. The van der Waals surface area contributed by atoms with E-state index in [0.29, 0.717) is 13.1 Å². The Morgan fingerprint density at radius 3 is 2.57 bits per heavy atom. The minimum atomic E-state index is 0. The molecule has 2 aromatic rings. The van der Waals surface area contributed by atoms with Gasteiger partial charge in [0.25, 0.3) is 5.91 Å². The molecule has 124 valence electrons. The first kappa shape index (κ1) is 19.1. The van der Waals surface area contributed by atoms with Crippen molar-refractivity contribution in [3.8, 4) is 0 Å². The van der Waals surface area contributed by atoms with E-state index in [0.717, 1.165) is 29.8 Å². The van der Waals surface area contributed by atoms with Crippen LogP contribution in [0.4, 0.5) is 0 Å². The van der Waals surface area contributed by atoms with Crippen LogP contribution < -0.4 is 5.32 Å². The van der Waals surface area contributed by atoms with Crippen LogP contribution in [-0.2, 0) is 13.0 Å². The van der Waals surface area contributed by atoms with Gasteiger partial charge in [-0.2, -0.15) is 0 Å². The van der Waals surface area contributed by atoms with Crippen LogP contribution in [0.25, 0.3) is 0 Å². The molecule has 0 aliphatic carbocycles. The lowest BCUT2D eigenvalue weighted by Gasteiger charge is -2.22. The maximum atomic E-state index is 12.8. The summed E-state index contributed by atoms with van der Waals surface area (Å²) in [7, 11) is 1.92. The van der Waals surface area contributed by atoms with Crippen LogP contribution in [0.15, 0.2) is 48.7 Å². The third-order valence-electron chi connectivity index (χ3n) is 3.64. The van der Waals surface area contributed by atoms with Gasteiger partial charge in [0.15, 0.2) is 0 Å². The molecule has 23 heavy (non-hydrogen) atoms. The second-order valence-corrected chi connectivity index (χ2v) is 5.15. The number of rotatable bonds is 7. The number of carbonyl (C=O) groups excluding carboxylic acids is 1. The van der Waals surface area contributed by atoms with Crippen molar-refractivity contribution >= 4 is 18.3 Å². The Morgan fingerprint density at radius 2 is 1.91 bits per heavy atom. The highest BCUT2D eigenvalue weighted by molar-refractivity contribution is 5.95. The van der Waals surface area contributed by atoms with E-state index in [1.165, 1.54) is 0 Å². The third kappa shape index (κ3) is 5.34. The van der Waals surface area contributed by atoms with E-state index < -0.39 is 0 Å². The summed E-state index contributed by atoms with van der Waals surface area (Å²) in [4.78, 5) is 19.0. The third-order valence-corrected chi connectivity index (χ3v) is 3.64. The fourth-order valence-electron chi connectivity index (χ4n) is 2.39. The highest BCUT2D eigenvalue weighted by atomic mass is 35.5. The molecule has 1 heterocycles. The standard InChI is InChI=1S/C18H23N3O.ClH/c1-3-21(14-16-9-6-7-12-20-16)18(22)17-10-5-4-8-15(17)11-13-19-2;/h4-10,12,19H,3,11,13-14H2,1-2H3;1H. The average molecular weight is 334 g/mol. The van der Waals surface area contributed by atoms with E-state index in [9.17, 15) is 4.79 Å². The molecule has 0 fully saturated rings. The van der Waals surface area contributed by atoms with Gasteiger partial charge in [0.2, 0.25) is 0 Å². The second-order valence-electron chi connectivity index (χ2n) is 5.15. The lowest BCUT2D eigenvalue weighted by molar-refractivity contribution is 0.0749. The van der Waals surface area contributed by atoms with Gasteiger partial charge < -0.3 is 10.2 Å². The van der Waals surface area contributed by atoms with Gasteiger partial charge in [-0.1, -0.05) is 24.3 Å². The molecule has 0 bridgehead atoms. The zero-order valence-corrected chi connectivity index (χ0v) is 14.5. The monoisotopic (exact) mass is 333 g/mol. The first-order valence-corrected chi connectivity index (χ1v) is 7.68. The van der Waals surface area contributed by atoms with E-state index in [-0.39, 0.29) is 18.3 Å². The van der Waals surface area contributed by atoms with Gasteiger partial charge in [-0.05, 0) is 50.7 Å². The number of amides is 1. The number of carbonyl (C=O) groups is 1. The number of pyridine rings is 1. The predicted octanol–water partition coefficient (Wildman–Crippen LogP) is 2.93. The molecule has 1 aromatic carbocycles. The maximum absolute atomic E-state index is 12.8. The van der Waals surface area contributed by atoms with E-state index in [2.05, 4.69) is 10.3 Å². The summed E-state index contributed by atoms with van der Waals surface area (Å²) in [5.74, 6) is 0.0693. The first-order chi connectivity index (χ1) is 10.8. The zero-order valence-electron chi connectivity index (χ0n) is 13.7. The van der Waals surface area contributed by atoms with Crippen LogP contribution >= 0.6 is 12.4 Å². The van der Waals surface area contributed by atoms with E-state index in [1.807, 2.05) is 61.3 Å². The quantitative estimate of drug-likeness (QED) is 0.847. The molecule has 0 radical (unpaired) electrons. The van der Waals surface area contributed by atoms with Crippen molar-refractivity contribution in [2.24, 2.45) is 0 Å². The van der Waals surface area contributed by atoms with Crippen molar-refractivity contribution in [3.63, 3.8) is 0 Å². The van der Waals surface area contributed by atoms with Gasteiger partial charge in [-0.15, -0.1) is 12.4 Å². The zero-order chi connectivity index (χ0) is 15.8. The van der Waals surface area contributed by atoms with Crippen molar-refractivity contribution in [2.75, 3.05) is 20.1 Å². The largest absolute Gasteiger partial charge is 0.333 e. The molecular formula is C18H24ClN3O. The molecule has 0 aliphatic heterocycles. The number of hydrogen-bond donors (Lipinski definition) is 1. The highest BCUT2D eigenvalue weighted by Crippen LogP contribution is 2.14. The number of halogens is 1. The van der Waals surface area contributed by atoms with Gasteiger partial charge in [0.1, 0.15) is 0 Å². The Kier molecular flexibility index (Phi) is 8.30. The summed E-state index contributed by atoms with van der Waals surface area (Å²) in [6.45, 7) is 4.06. The minimum Gasteiger partial charge on any atom is -0.333 e. The van der Waals surface area contributed by atoms with Crippen molar-refractivity contribution in [3.05, 3.63) is 65.5 Å². The van der Waals surface area contributed by atoms with Crippen molar-refractivity contribution in [1.29, 1.82) is 0 Å². The van der Waals surface area contributed by atoms with Crippen LogP contribution in [0.2, 0.25) is 0 Å². The Balaban J connectivity index is 0.00000264. The number of nitrogens with zero attached hydrogens (tertiary/aromatic N) is 2. The van der Waals surface area contributed by atoms with Gasteiger partial charge in [0, 0.05) is 18.3 Å². The molecule has 1 N–H and O–H groups in total. The van der Waals surface area contributed by atoms with Crippen LogP contribution in [-0.4, -0.2) is 35.9 Å². The Hall–Kier alpha value is -1.91. The molecule has 0 aliphatic rings. The molecule has 0 saturated heterocycles. The molecule has 4 nitrogen and oxygen atoms in total. The molecule has 0 unspecified atom stereocenters. The van der Waals surface area contributed by atoms with Crippen LogP contribution in [0.1, 0.15) is 28.5 Å². The normalized spacial score (nSPS) is 10.0. The lowest BCUT2D eigenvalue weighted by atomic mass is 10.0. The molecule has 2 rings (SSSR count). The number of benzene rings is 1. The van der Waals surface area contributed by atoms with Gasteiger partial charge in [0.05, 0.1) is 12.2 Å². The topological polar surface area (TPSA) is 45.2 Å². The van der Waals surface area contributed by atoms with Crippen molar-refractivity contribution in [2.45, 2.75) is 19.9 Å². The Bertz CT molecular complexity index is 604. The molecule has 0 spiro atoms. The SMILES string of the molecule is CCN(Cc1ccccn1)C(=O)c1ccccc1CCNC.Cl. The van der Waals surface area contributed by atoms with Crippen LogP contribution in [0.5, 0.6) is 0 Å². The summed E-state index contributed by atoms with van der Waals surface area (Å²) < 4.78 is 0. The predicted molar refractivity (Wildman–Crippen MR) is 96.0 cm³/mol. The van der Waals surface area contributed by atoms with E-state index >= 15 is 0 Å². The molecule has 1 aromatic heterocycles. The van der Waals surface area contributed by atoms with Gasteiger partial charge >= 0.3 is 0 Å². The number of likely N-dealkylation sites (N-methyl/N-ethyl adjacent to an activating group) is 1. The second kappa shape index (κ2) is 9.98. The summed E-state index contributed by atoms with van der Waals surface area (Å²) in [6.07, 6.45) is 2.61. The molecule has 0 atom stereocenters. The Morgan fingerprint density at radius 1 is 1.17 bits per heavy atom. The minimum absolute atomic E-state index is 0. The highest BCUT2D eigenvalue weighted by Gasteiger charge is 2.17. The van der Waals surface area contributed by atoms with Crippen LogP contribution in [0.3, 0.4) is 0 Å². The molecule has 0 saturated carbocycles. The first-order valence-electron chi connectivity index (χ1n) is 7.68. The number of nitrogens with one attached hydrogen (secondary N) is 1.